The lowest BCUT2D eigenvalue weighted by Crippen LogP contribution is -3.05. The van der Waals surface area contributed by atoms with E-state index in [1.807, 2.05) is 30.4 Å². The lowest BCUT2D eigenvalue weighted by atomic mass is 10.0. The average Bonchev–Trinajstić information content (AvgIpc) is 4.03. The Bertz CT molecular complexity index is 1500. The van der Waals surface area contributed by atoms with Crippen LogP contribution >= 0.6 is 23.5 Å². The van der Waals surface area contributed by atoms with Crippen LogP contribution < -0.4 is 38.6 Å². The average molecular weight is 891 g/mol. The van der Waals surface area contributed by atoms with Gasteiger partial charge in [0.1, 0.15) is 0 Å². The molecular weight excluding hydrogens is 830 g/mol. The van der Waals surface area contributed by atoms with Crippen LogP contribution in [0.3, 0.4) is 0 Å². The first-order chi connectivity index (χ1) is 27.7. The summed E-state index contributed by atoms with van der Waals surface area (Å²) in [5.74, 6) is -0.435. The number of fused-ring (bicyclic) bond motifs is 2. The maximum absolute atomic E-state index is 11.8. The van der Waals surface area contributed by atoms with E-state index in [1.165, 1.54) is 4.90 Å². The summed E-state index contributed by atoms with van der Waals surface area (Å²) in [4.78, 5) is 90.9. The summed E-state index contributed by atoms with van der Waals surface area (Å²) < 4.78 is 0. The van der Waals surface area contributed by atoms with E-state index in [9.17, 15) is 33.6 Å². The lowest BCUT2D eigenvalue weighted by Gasteiger charge is -2.17. The van der Waals surface area contributed by atoms with Crippen LogP contribution in [-0.2, 0) is 28.8 Å². The molecule has 332 valence electrons. The molecule has 6 rings (SSSR count). The molecular formula is C37H60ClN9O10S2. The number of urea groups is 2. The molecule has 0 aromatic rings. The van der Waals surface area contributed by atoms with E-state index in [1.54, 1.807) is 0 Å². The number of allylic oxidation sites excluding steroid dienone is 1. The number of carbonyl (C=O) groups excluding carboxylic acids is 6. The quantitative estimate of drug-likeness (QED) is 0.0303. The zero-order valence-corrected chi connectivity index (χ0v) is 36.4. The van der Waals surface area contributed by atoms with Gasteiger partial charge in [0.2, 0.25) is 0 Å². The molecule has 22 heteroatoms. The Balaban J connectivity index is 0.000000291. The third-order valence-corrected chi connectivity index (χ3v) is 12.7. The topological polar surface area (TPSA) is 253 Å². The standard InChI is InChI=1S/C15H21N3O4S.C10H16N2O3S.C8H17N3.C4H5NO3.ClH/c1-9-6-7-12(19)18(9)22-13(20)5-3-2-4-11-14-10(8-23-11)16-15(21)17-14;13-8(14)4-2-1-3-7-9-6(5-16-7)11-10(15)12-9;1-4-9-8-10-6-5-7-11(2)3;6-3-1-2-4(7)5(3)8;/h10-11,14H,1-8H2,(H2,16,17,21);6-7,9H,1-5H2,(H,13,14)(H2,11,12,15);4-7H2,1-3H3;8H,1-2H2;1H/t10-,11-,14-;6-,7-,9-;;;/m00.../s1. The Hall–Kier alpha value is -3.88. The Morgan fingerprint density at radius 3 is 1.78 bits per heavy atom. The van der Waals surface area contributed by atoms with Gasteiger partial charge in [-0.25, -0.2) is 24.4 Å². The van der Waals surface area contributed by atoms with Crippen molar-refractivity contribution in [3.63, 3.8) is 0 Å². The van der Waals surface area contributed by atoms with Gasteiger partial charge in [0, 0.05) is 67.1 Å². The predicted molar refractivity (Wildman–Crippen MR) is 217 cm³/mol. The van der Waals surface area contributed by atoms with E-state index in [0.717, 1.165) is 74.7 Å². The summed E-state index contributed by atoms with van der Waals surface area (Å²) in [5, 5.41) is 30.6. The van der Waals surface area contributed by atoms with Crippen LogP contribution in [0.15, 0.2) is 22.3 Å². The molecule has 6 saturated heterocycles. The minimum Gasteiger partial charge on any atom is -1.00 e. The van der Waals surface area contributed by atoms with Gasteiger partial charge in [-0.2, -0.15) is 28.6 Å². The SMILES string of the molecule is C=C1CCC(=O)N1OC(=O)CCCC[C@@H]1SC[C@@H]2NC(=O)N[C@@H]21.CCN=C=NCCC[NH+](C)C.O=C(O)CCCC[C@@H]1SC[C@@H]2NC(=O)N[C@@H]21.O=C1CCC(=O)N1O.[Cl-]. The van der Waals surface area contributed by atoms with Gasteiger partial charge in [-0.1, -0.05) is 19.4 Å². The van der Waals surface area contributed by atoms with Crippen molar-refractivity contribution in [2.24, 2.45) is 9.98 Å². The van der Waals surface area contributed by atoms with E-state index in [-0.39, 0.29) is 85.3 Å². The third-order valence-electron chi connectivity index (χ3n) is 9.73. The fourth-order valence-electron chi connectivity index (χ4n) is 6.66. The van der Waals surface area contributed by atoms with Crippen molar-refractivity contribution < 1.29 is 66.0 Å². The number of unbranched alkanes of at least 4 members (excludes halogenated alkanes) is 2. The molecule has 6 heterocycles. The van der Waals surface area contributed by atoms with Gasteiger partial charge in [-0.3, -0.25) is 24.4 Å². The van der Waals surface area contributed by atoms with Crippen molar-refractivity contribution in [1.82, 2.24) is 31.4 Å². The highest BCUT2D eigenvalue weighted by Gasteiger charge is 2.43. The summed E-state index contributed by atoms with van der Waals surface area (Å²) in [6.45, 7) is 8.49. The number of nitrogens with one attached hydrogen (secondary N) is 5. The number of rotatable bonds is 16. The second-order valence-electron chi connectivity index (χ2n) is 14.7. The van der Waals surface area contributed by atoms with Crippen molar-refractivity contribution in [3.8, 4) is 0 Å². The Kier molecular flexibility index (Phi) is 23.5. The van der Waals surface area contributed by atoms with Crippen LogP contribution in [0.1, 0.15) is 90.4 Å². The van der Waals surface area contributed by atoms with Crippen LogP contribution in [0.4, 0.5) is 9.59 Å². The van der Waals surface area contributed by atoms with Crippen LogP contribution in [0, 0.1) is 0 Å². The highest BCUT2D eigenvalue weighted by atomic mass is 35.5. The van der Waals surface area contributed by atoms with Crippen LogP contribution in [0.2, 0.25) is 0 Å². The van der Waals surface area contributed by atoms with E-state index in [4.69, 9.17) is 15.2 Å². The molecule has 6 fully saturated rings. The van der Waals surface area contributed by atoms with Crippen LogP contribution in [0.25, 0.3) is 0 Å². The summed E-state index contributed by atoms with van der Waals surface area (Å²) in [6, 6.07) is 3.44. The van der Waals surface area contributed by atoms with Gasteiger partial charge < -0.3 is 48.5 Å². The zero-order chi connectivity index (χ0) is 42.6. The second-order valence-corrected chi connectivity index (χ2v) is 17.3. The van der Waals surface area contributed by atoms with E-state index in [2.05, 4.69) is 57.9 Å². The number of quaternary nitrogens is 1. The molecule has 0 aromatic heterocycles. The number of aliphatic imine (C=N–C) groups is 2. The molecule has 0 saturated carbocycles. The van der Waals surface area contributed by atoms with Crippen molar-refractivity contribution >= 4 is 71.3 Å². The molecule has 59 heavy (non-hydrogen) atoms. The maximum atomic E-state index is 11.8. The number of nitrogens with zero attached hydrogens (tertiary/aromatic N) is 4. The molecule has 19 nitrogen and oxygen atoms in total. The maximum Gasteiger partial charge on any atom is 0.333 e. The molecule has 0 aliphatic carbocycles. The smallest absolute Gasteiger partial charge is 0.333 e. The molecule has 7 N–H and O–H groups in total. The second kappa shape index (κ2) is 27.1. The zero-order valence-electron chi connectivity index (χ0n) is 34.0. The van der Waals surface area contributed by atoms with E-state index in [0.29, 0.717) is 35.5 Å². The van der Waals surface area contributed by atoms with Crippen molar-refractivity contribution in [1.29, 1.82) is 0 Å². The van der Waals surface area contributed by atoms with E-state index < -0.39 is 23.8 Å². The number of amides is 7. The molecule has 6 aliphatic rings. The molecule has 6 aliphatic heterocycles. The number of carbonyl (C=O) groups is 7. The highest BCUT2D eigenvalue weighted by molar-refractivity contribution is 8.00. The third kappa shape index (κ3) is 18.1. The first-order valence-electron chi connectivity index (χ1n) is 19.9. The predicted octanol–water partition coefficient (Wildman–Crippen LogP) is -1.65. The summed E-state index contributed by atoms with van der Waals surface area (Å²) in [6.07, 6.45) is 8.04. The molecule has 0 aromatic carbocycles. The van der Waals surface area contributed by atoms with E-state index >= 15 is 0 Å². The molecule has 6 atom stereocenters. The van der Waals surface area contributed by atoms with Gasteiger partial charge in [0.05, 0.1) is 63.1 Å². The lowest BCUT2D eigenvalue weighted by molar-refractivity contribution is -0.858. The first-order valence-corrected chi connectivity index (χ1v) is 22.0. The monoisotopic (exact) mass is 889 g/mol. The van der Waals surface area contributed by atoms with Crippen molar-refractivity contribution in [2.75, 3.05) is 45.2 Å². The van der Waals surface area contributed by atoms with Crippen molar-refractivity contribution in [3.05, 3.63) is 12.3 Å². The summed E-state index contributed by atoms with van der Waals surface area (Å²) >= 11 is 3.73. The fourth-order valence-corrected chi connectivity index (χ4v) is 9.75. The fraction of sp³-hybridized carbons (Fsp3) is 0.730. The minimum atomic E-state index is -0.729. The van der Waals surface area contributed by atoms with Gasteiger partial charge in [0.15, 0.2) is 0 Å². The molecule has 0 spiro atoms. The van der Waals surface area contributed by atoms with Crippen LogP contribution in [-0.4, -0.2) is 148 Å². The highest BCUT2D eigenvalue weighted by Crippen LogP contribution is 2.34. The first kappa shape index (κ1) is 51.3. The van der Waals surface area contributed by atoms with Gasteiger partial charge in [-0.05, 0) is 39.0 Å². The normalized spacial score (nSPS) is 24.7. The Morgan fingerprint density at radius 2 is 1.34 bits per heavy atom. The number of hydrogen-bond donors (Lipinski definition) is 7. The molecule has 0 unspecified atom stereocenters. The number of carboxylic acids is 1. The number of halogens is 1. The van der Waals surface area contributed by atoms with Crippen LogP contribution in [0.5, 0.6) is 0 Å². The van der Waals surface area contributed by atoms with Gasteiger partial charge >= 0.3 is 24.0 Å². The number of thioether (sulfide) groups is 2. The molecule has 0 bridgehead atoms. The summed E-state index contributed by atoms with van der Waals surface area (Å²) in [7, 11) is 4.29. The number of imide groups is 1. The number of carboxylic acid groups (broad SMARTS) is 1. The Labute approximate surface area is 360 Å². The Morgan fingerprint density at radius 1 is 0.814 bits per heavy atom. The van der Waals surface area contributed by atoms with Crippen molar-refractivity contribution in [2.45, 2.75) is 125 Å². The van der Waals surface area contributed by atoms with Gasteiger partial charge in [0.25, 0.3) is 17.7 Å². The molecule has 0 radical (unpaired) electrons. The number of hydrogen-bond acceptors (Lipinski definition) is 13. The summed E-state index contributed by atoms with van der Waals surface area (Å²) in [5.41, 5.74) is 0.543. The number of aliphatic carboxylic acids is 1. The largest absolute Gasteiger partial charge is 1.00 e. The molecule has 7 amide bonds. The van der Waals surface area contributed by atoms with Gasteiger partial charge in [-0.15, -0.1) is 5.06 Å². The number of hydroxylamine groups is 4. The minimum absolute atomic E-state index is 0.